The molecule has 2 N–H and O–H groups in total. The molecule has 0 aliphatic carbocycles. The van der Waals surface area contributed by atoms with Crippen LogP contribution < -0.4 is 0 Å². The second-order valence-corrected chi connectivity index (χ2v) is 7.58. The van der Waals surface area contributed by atoms with Crippen molar-refractivity contribution in [1.29, 1.82) is 0 Å². The number of rotatable bonds is 4. The zero-order chi connectivity index (χ0) is 23.9. The smallest absolute Gasteiger partial charge is 0.177 e. The summed E-state index contributed by atoms with van der Waals surface area (Å²) in [5.74, 6) is 2.28. The average molecular weight is 449 g/mol. The van der Waals surface area contributed by atoms with E-state index in [0.717, 1.165) is 11.6 Å². The molecule has 176 valence electrons. The molecule has 0 saturated heterocycles. The van der Waals surface area contributed by atoms with E-state index in [1.165, 1.54) is 6.33 Å². The van der Waals surface area contributed by atoms with Crippen molar-refractivity contribution in [2.75, 3.05) is 0 Å². The summed E-state index contributed by atoms with van der Waals surface area (Å²) >= 11 is 0. The Hall–Kier alpha value is -3.72. The summed E-state index contributed by atoms with van der Waals surface area (Å²) < 4.78 is 1.69. The minimum Gasteiger partial charge on any atom is -0.230 e. The Labute approximate surface area is 186 Å². The number of aromatic amines is 2. The van der Waals surface area contributed by atoms with Gasteiger partial charge in [0.15, 0.2) is 18.0 Å². The zero-order valence-electron chi connectivity index (χ0n) is 19.7. The van der Waals surface area contributed by atoms with Gasteiger partial charge in [-0.15, -0.1) is 35.7 Å². The Morgan fingerprint density at radius 2 is 1.28 bits per heavy atom. The van der Waals surface area contributed by atoms with Gasteiger partial charge in [-0.25, -0.2) is 4.68 Å². The first-order chi connectivity index (χ1) is 15.2. The van der Waals surface area contributed by atoms with Crippen molar-refractivity contribution in [2.45, 2.75) is 79.3 Å². The summed E-state index contributed by atoms with van der Waals surface area (Å²) in [4.78, 5) is 1.56. The molecule has 0 aromatic carbocycles. The van der Waals surface area contributed by atoms with Crippen LogP contribution in [-0.2, 0) is 0 Å². The van der Waals surface area contributed by atoms with Gasteiger partial charge in [-0.2, -0.15) is 15.2 Å². The molecular formula is C16H32N16. The van der Waals surface area contributed by atoms with E-state index < -0.39 is 0 Å². The molecule has 32 heavy (non-hydrogen) atoms. The van der Waals surface area contributed by atoms with E-state index in [9.17, 15) is 0 Å². The van der Waals surface area contributed by atoms with Crippen LogP contribution in [-0.4, -0.2) is 81.7 Å². The molecule has 16 heteroatoms. The van der Waals surface area contributed by atoms with E-state index >= 15 is 0 Å². The van der Waals surface area contributed by atoms with E-state index in [1.807, 2.05) is 55.4 Å². The van der Waals surface area contributed by atoms with Crippen LogP contribution in [0.25, 0.3) is 0 Å². The number of nitrogens with zero attached hydrogens (tertiary/aromatic N) is 14. The monoisotopic (exact) mass is 448 g/mol. The molecule has 4 rings (SSSR count). The van der Waals surface area contributed by atoms with E-state index in [4.69, 9.17) is 0 Å². The summed E-state index contributed by atoms with van der Waals surface area (Å²) in [6.45, 7) is 16.1. The van der Waals surface area contributed by atoms with Crippen LogP contribution in [0, 0.1) is 0 Å². The van der Waals surface area contributed by atoms with Crippen LogP contribution in [0.5, 0.6) is 0 Å². The number of nitrogens with one attached hydrogen (secondary N) is 2. The highest BCUT2D eigenvalue weighted by Gasteiger charge is 2.01. The number of hydrogen-bond donors (Lipinski definition) is 2. The van der Waals surface area contributed by atoms with Gasteiger partial charge in [-0.3, -0.25) is 0 Å². The molecule has 0 bridgehead atoms. The molecule has 4 aromatic rings. The molecule has 0 amide bonds. The molecule has 4 aromatic heterocycles. The van der Waals surface area contributed by atoms with Gasteiger partial charge >= 0.3 is 0 Å². The summed E-state index contributed by atoms with van der Waals surface area (Å²) in [5.41, 5.74) is 0. The highest BCUT2D eigenvalue weighted by Crippen LogP contribution is 2.03. The molecule has 0 aliphatic heterocycles. The average Bonchev–Trinajstić information content (AvgIpc) is 3.56. The fourth-order valence-corrected chi connectivity index (χ4v) is 1.64. The Balaban J connectivity index is 0.000000213. The van der Waals surface area contributed by atoms with E-state index in [-0.39, 0.29) is 0 Å². The van der Waals surface area contributed by atoms with Crippen molar-refractivity contribution < 1.29 is 0 Å². The first-order valence-electron chi connectivity index (χ1n) is 10.1. The van der Waals surface area contributed by atoms with Crippen LogP contribution in [0.2, 0.25) is 0 Å². The van der Waals surface area contributed by atoms with Gasteiger partial charge in [0.2, 0.25) is 0 Å². The first-order valence-corrected chi connectivity index (χ1v) is 10.1. The van der Waals surface area contributed by atoms with E-state index in [2.05, 4.69) is 72.2 Å². The highest BCUT2D eigenvalue weighted by atomic mass is 15.6. The van der Waals surface area contributed by atoms with Crippen LogP contribution >= 0.6 is 0 Å². The Kier molecular flexibility index (Phi) is 11.8. The van der Waals surface area contributed by atoms with Gasteiger partial charge in [-0.1, -0.05) is 38.1 Å². The third-order valence-corrected chi connectivity index (χ3v) is 3.48. The number of H-pyrrole nitrogens is 2. The lowest BCUT2D eigenvalue weighted by molar-refractivity contribution is 0.455. The Bertz CT molecular complexity index is 725. The van der Waals surface area contributed by atoms with Gasteiger partial charge < -0.3 is 0 Å². The maximum atomic E-state index is 3.81. The molecule has 0 saturated carbocycles. The predicted octanol–water partition coefficient (Wildman–Crippen LogP) is 1.15. The summed E-state index contributed by atoms with van der Waals surface area (Å²) in [7, 11) is 0. The lowest BCUT2D eigenvalue weighted by atomic mass is 10.2. The van der Waals surface area contributed by atoms with Crippen molar-refractivity contribution >= 4 is 0 Å². The standard InChI is InChI=1S/4C4H8N4/c1-4(2)8-3-5-6-7-8;1-4(2)8-6-3-5-7-8;2*1-3(2)4-5-7-8-6-4/h2*3-4H,1-2H3;2*3H,1-2H3,(H,5,6,7,8). The molecule has 0 spiro atoms. The lowest BCUT2D eigenvalue weighted by Gasteiger charge is -1.98. The minimum absolute atomic E-state index is 0.317. The van der Waals surface area contributed by atoms with Gasteiger partial charge in [0.1, 0.15) is 6.33 Å². The van der Waals surface area contributed by atoms with E-state index in [1.54, 1.807) is 15.8 Å². The normalized spacial score (nSPS) is 10.4. The van der Waals surface area contributed by atoms with Crippen LogP contribution in [0.15, 0.2) is 12.7 Å². The second kappa shape index (κ2) is 14.3. The quantitative estimate of drug-likeness (QED) is 0.452. The molecular weight excluding hydrogens is 416 g/mol. The summed E-state index contributed by atoms with van der Waals surface area (Å²) in [6.07, 6.45) is 3.03. The highest BCUT2D eigenvalue weighted by molar-refractivity contribution is 4.83. The maximum absolute atomic E-state index is 3.81. The van der Waals surface area contributed by atoms with Crippen LogP contribution in [0.1, 0.15) is 91.0 Å². The van der Waals surface area contributed by atoms with Gasteiger partial charge in [0, 0.05) is 17.9 Å². The van der Waals surface area contributed by atoms with Crippen LogP contribution in [0.3, 0.4) is 0 Å². The van der Waals surface area contributed by atoms with Crippen molar-refractivity contribution in [3.05, 3.63) is 24.3 Å². The predicted molar refractivity (Wildman–Crippen MR) is 113 cm³/mol. The largest absolute Gasteiger partial charge is 0.230 e. The molecule has 0 radical (unpaired) electrons. The summed E-state index contributed by atoms with van der Waals surface area (Å²) in [5, 5.41) is 48.3. The third kappa shape index (κ3) is 10.4. The van der Waals surface area contributed by atoms with Gasteiger partial charge in [0.25, 0.3) is 0 Å². The second-order valence-electron chi connectivity index (χ2n) is 7.58. The van der Waals surface area contributed by atoms with Gasteiger partial charge in [0.05, 0.1) is 6.04 Å². The fraction of sp³-hybridized carbons (Fsp3) is 0.750. The van der Waals surface area contributed by atoms with E-state index in [0.29, 0.717) is 23.9 Å². The number of aromatic nitrogens is 16. The minimum atomic E-state index is 0.317. The first kappa shape index (κ1) is 26.3. The third-order valence-electron chi connectivity index (χ3n) is 3.48. The Morgan fingerprint density at radius 1 is 0.719 bits per heavy atom. The molecule has 0 fully saturated rings. The van der Waals surface area contributed by atoms with Crippen molar-refractivity contribution in [1.82, 2.24) is 81.7 Å². The van der Waals surface area contributed by atoms with Crippen molar-refractivity contribution in [3.8, 4) is 0 Å². The molecule has 4 heterocycles. The molecule has 0 atom stereocenters. The Morgan fingerprint density at radius 3 is 1.47 bits per heavy atom. The lowest BCUT2D eigenvalue weighted by Crippen LogP contribution is -2.04. The fourth-order valence-electron chi connectivity index (χ4n) is 1.64. The molecule has 16 nitrogen and oxygen atoms in total. The number of tetrazole rings is 4. The SMILES string of the molecule is CC(C)c1nn[nH]n1.CC(C)c1nn[nH]n1.CC(C)n1cnnn1.CC(C)n1ncnn1. The topological polar surface area (TPSA) is 196 Å². The maximum Gasteiger partial charge on any atom is 0.177 e. The van der Waals surface area contributed by atoms with Crippen LogP contribution in [0.4, 0.5) is 0 Å². The van der Waals surface area contributed by atoms with Crippen molar-refractivity contribution in [3.63, 3.8) is 0 Å². The molecule has 0 aliphatic rings. The number of hydrogen-bond acceptors (Lipinski definition) is 12. The zero-order valence-corrected chi connectivity index (χ0v) is 19.7. The van der Waals surface area contributed by atoms with Gasteiger partial charge in [-0.05, 0) is 43.3 Å². The summed E-state index contributed by atoms with van der Waals surface area (Å²) in [6, 6.07) is 0.683. The molecule has 0 unspecified atom stereocenters. The van der Waals surface area contributed by atoms with Crippen molar-refractivity contribution in [2.24, 2.45) is 0 Å².